The van der Waals surface area contributed by atoms with E-state index in [1.165, 1.54) is 10.9 Å². The van der Waals surface area contributed by atoms with E-state index in [4.69, 9.17) is 5.73 Å². The first-order valence-electron chi connectivity index (χ1n) is 9.81. The van der Waals surface area contributed by atoms with E-state index in [1.807, 2.05) is 12.3 Å². The van der Waals surface area contributed by atoms with Crippen molar-refractivity contribution < 1.29 is 4.79 Å². The summed E-state index contributed by atoms with van der Waals surface area (Å²) >= 11 is 0. The number of hydrogen-bond donors (Lipinski definition) is 1. The number of amides is 1. The van der Waals surface area contributed by atoms with Crippen LogP contribution in [0.15, 0.2) is 36.5 Å². The van der Waals surface area contributed by atoms with E-state index in [2.05, 4.69) is 39.0 Å². The van der Waals surface area contributed by atoms with Crippen molar-refractivity contribution in [2.24, 2.45) is 11.7 Å². The van der Waals surface area contributed by atoms with Crippen LogP contribution in [0.2, 0.25) is 0 Å². The second kappa shape index (κ2) is 7.72. The van der Waals surface area contributed by atoms with Gasteiger partial charge in [0, 0.05) is 50.2 Å². The lowest BCUT2D eigenvalue weighted by Gasteiger charge is -2.47. The molecule has 2 aromatic rings. The molecule has 1 aromatic heterocycles. The van der Waals surface area contributed by atoms with Crippen molar-refractivity contribution in [3.05, 3.63) is 42.1 Å². The van der Waals surface area contributed by atoms with Crippen LogP contribution in [-0.2, 0) is 11.3 Å². The van der Waals surface area contributed by atoms with Crippen molar-refractivity contribution in [1.82, 2.24) is 14.8 Å². The highest BCUT2D eigenvalue weighted by Crippen LogP contribution is 2.32. The van der Waals surface area contributed by atoms with Crippen LogP contribution in [0.25, 0.3) is 10.9 Å². The molecule has 1 amide bonds. The highest BCUT2D eigenvalue weighted by atomic mass is 16.2. The van der Waals surface area contributed by atoms with Crippen molar-refractivity contribution in [3.8, 4) is 0 Å². The number of carbonyl (C=O) groups excluding carboxylic acids is 1. The Kier molecular flexibility index (Phi) is 5.18. The molecule has 0 aliphatic carbocycles. The van der Waals surface area contributed by atoms with E-state index < -0.39 is 0 Å². The Morgan fingerprint density at radius 2 is 2.08 bits per heavy atom. The molecule has 2 aliphatic rings. The number of nitrogens with zero attached hydrogens (tertiary/aromatic N) is 3. The van der Waals surface area contributed by atoms with Gasteiger partial charge in [0.15, 0.2) is 0 Å². The van der Waals surface area contributed by atoms with Crippen molar-refractivity contribution >= 4 is 16.8 Å². The number of carbonyl (C=O) groups is 1. The third-order valence-corrected chi connectivity index (χ3v) is 5.96. The average molecular weight is 352 g/mol. The zero-order chi connectivity index (χ0) is 17.9. The van der Waals surface area contributed by atoms with Gasteiger partial charge in [-0.05, 0) is 49.4 Å². The number of benzene rings is 1. The standard InChI is InChI=1S/C21H28N4O/c22-10-3-12-25-20-9-13-24(15-17(20)6-7-21(25)26)14-16-8-11-23-19-5-2-1-4-18(16)19/h1-2,4-5,8,11,17,20H,3,6-7,9-10,12-15,22H2/t17-,20+/m0/s1. The predicted octanol–water partition coefficient (Wildman–Crippen LogP) is 2.40. The van der Waals surface area contributed by atoms with Crippen LogP contribution in [0, 0.1) is 5.92 Å². The first-order valence-corrected chi connectivity index (χ1v) is 9.81. The lowest BCUT2D eigenvalue weighted by Crippen LogP contribution is -2.56. The topological polar surface area (TPSA) is 62.5 Å². The number of rotatable bonds is 5. The summed E-state index contributed by atoms with van der Waals surface area (Å²) in [6, 6.07) is 10.9. The summed E-state index contributed by atoms with van der Waals surface area (Å²) in [6.07, 6.45) is 5.61. The Morgan fingerprint density at radius 3 is 2.96 bits per heavy atom. The number of para-hydroxylation sites is 1. The van der Waals surface area contributed by atoms with Crippen LogP contribution in [-0.4, -0.2) is 52.9 Å². The Bertz CT molecular complexity index is 772. The van der Waals surface area contributed by atoms with Gasteiger partial charge in [-0.2, -0.15) is 0 Å². The molecule has 26 heavy (non-hydrogen) atoms. The number of hydrogen-bond acceptors (Lipinski definition) is 4. The van der Waals surface area contributed by atoms with Gasteiger partial charge in [-0.1, -0.05) is 18.2 Å². The largest absolute Gasteiger partial charge is 0.339 e. The molecule has 2 saturated heterocycles. The SMILES string of the molecule is NCCCN1C(=O)CC[C@H]2CN(Cc3ccnc4ccccc34)CC[C@H]21. The van der Waals surface area contributed by atoms with Gasteiger partial charge in [0.05, 0.1) is 5.52 Å². The molecule has 0 unspecified atom stereocenters. The third kappa shape index (κ3) is 3.46. The average Bonchev–Trinajstić information content (AvgIpc) is 2.68. The van der Waals surface area contributed by atoms with Crippen molar-refractivity contribution in [2.45, 2.75) is 38.3 Å². The molecule has 5 nitrogen and oxygen atoms in total. The van der Waals surface area contributed by atoms with E-state index in [1.54, 1.807) is 0 Å². The minimum atomic E-state index is 0.327. The minimum absolute atomic E-state index is 0.327. The summed E-state index contributed by atoms with van der Waals surface area (Å²) in [5, 5.41) is 1.25. The molecule has 0 radical (unpaired) electrons. The van der Waals surface area contributed by atoms with Gasteiger partial charge < -0.3 is 10.6 Å². The van der Waals surface area contributed by atoms with E-state index in [0.717, 1.165) is 51.0 Å². The predicted molar refractivity (Wildman–Crippen MR) is 104 cm³/mol. The number of nitrogens with two attached hydrogens (primary N) is 1. The lowest BCUT2D eigenvalue weighted by molar-refractivity contribution is -0.141. The summed E-state index contributed by atoms with van der Waals surface area (Å²) in [4.78, 5) is 21.5. The number of aromatic nitrogens is 1. The zero-order valence-electron chi connectivity index (χ0n) is 15.3. The minimum Gasteiger partial charge on any atom is -0.339 e. The Labute approximate surface area is 155 Å². The van der Waals surface area contributed by atoms with E-state index in [9.17, 15) is 4.79 Å². The molecule has 4 rings (SSSR count). The zero-order valence-corrected chi connectivity index (χ0v) is 15.3. The fourth-order valence-corrected chi connectivity index (χ4v) is 4.66. The van der Waals surface area contributed by atoms with Gasteiger partial charge >= 0.3 is 0 Å². The van der Waals surface area contributed by atoms with Crippen LogP contribution >= 0.6 is 0 Å². The summed E-state index contributed by atoms with van der Waals surface area (Å²) in [7, 11) is 0. The Hall–Kier alpha value is -1.98. The first-order chi connectivity index (χ1) is 12.8. The molecule has 1 aromatic carbocycles. The van der Waals surface area contributed by atoms with Gasteiger partial charge in [0.1, 0.15) is 0 Å². The molecule has 2 atom stereocenters. The molecular formula is C21H28N4O. The lowest BCUT2D eigenvalue weighted by atomic mass is 9.83. The van der Waals surface area contributed by atoms with Gasteiger partial charge in [0.25, 0.3) is 0 Å². The summed E-state index contributed by atoms with van der Waals surface area (Å²) in [5.74, 6) is 0.917. The molecular weight excluding hydrogens is 324 g/mol. The summed E-state index contributed by atoms with van der Waals surface area (Å²) in [5.41, 5.74) is 8.08. The van der Waals surface area contributed by atoms with Crippen molar-refractivity contribution in [1.29, 1.82) is 0 Å². The first kappa shape index (κ1) is 17.4. The monoisotopic (exact) mass is 352 g/mol. The second-order valence-corrected chi connectivity index (χ2v) is 7.61. The fraction of sp³-hybridized carbons (Fsp3) is 0.524. The number of piperidine rings is 2. The van der Waals surface area contributed by atoms with Crippen LogP contribution in [0.3, 0.4) is 0 Å². The molecule has 0 bridgehead atoms. The maximum atomic E-state index is 12.3. The smallest absolute Gasteiger partial charge is 0.222 e. The van der Waals surface area contributed by atoms with Gasteiger partial charge in [-0.3, -0.25) is 14.7 Å². The molecule has 2 fully saturated rings. The Balaban J connectivity index is 1.46. The molecule has 2 N–H and O–H groups in total. The maximum absolute atomic E-state index is 12.3. The molecule has 0 saturated carbocycles. The van der Waals surface area contributed by atoms with Gasteiger partial charge in [-0.25, -0.2) is 0 Å². The summed E-state index contributed by atoms with van der Waals surface area (Å²) in [6.45, 7) is 4.56. The van der Waals surface area contributed by atoms with E-state index in [0.29, 0.717) is 30.8 Å². The normalized spacial score (nSPS) is 24.0. The summed E-state index contributed by atoms with van der Waals surface area (Å²) < 4.78 is 0. The van der Waals surface area contributed by atoms with Crippen molar-refractivity contribution in [2.75, 3.05) is 26.2 Å². The van der Waals surface area contributed by atoms with Crippen LogP contribution in [0.1, 0.15) is 31.2 Å². The van der Waals surface area contributed by atoms with Crippen LogP contribution < -0.4 is 5.73 Å². The molecule has 5 heteroatoms. The molecule has 3 heterocycles. The van der Waals surface area contributed by atoms with Crippen LogP contribution in [0.5, 0.6) is 0 Å². The van der Waals surface area contributed by atoms with Crippen molar-refractivity contribution in [3.63, 3.8) is 0 Å². The maximum Gasteiger partial charge on any atom is 0.222 e. The number of pyridine rings is 1. The second-order valence-electron chi connectivity index (χ2n) is 7.61. The van der Waals surface area contributed by atoms with Crippen LogP contribution in [0.4, 0.5) is 0 Å². The van der Waals surface area contributed by atoms with Gasteiger partial charge in [0.2, 0.25) is 5.91 Å². The quantitative estimate of drug-likeness (QED) is 0.897. The van der Waals surface area contributed by atoms with Gasteiger partial charge in [-0.15, -0.1) is 0 Å². The molecule has 2 aliphatic heterocycles. The number of fused-ring (bicyclic) bond motifs is 2. The van der Waals surface area contributed by atoms with E-state index >= 15 is 0 Å². The third-order valence-electron chi connectivity index (χ3n) is 5.96. The Morgan fingerprint density at radius 1 is 1.19 bits per heavy atom. The highest BCUT2D eigenvalue weighted by Gasteiger charge is 2.38. The molecule has 0 spiro atoms. The fourth-order valence-electron chi connectivity index (χ4n) is 4.66. The number of likely N-dealkylation sites (tertiary alicyclic amines) is 2. The van der Waals surface area contributed by atoms with E-state index in [-0.39, 0.29) is 0 Å². The molecule has 138 valence electrons. The highest BCUT2D eigenvalue weighted by molar-refractivity contribution is 5.81.